The second-order valence-corrected chi connectivity index (χ2v) is 3.77. The van der Waals surface area contributed by atoms with E-state index >= 15 is 0 Å². The molecule has 0 aliphatic carbocycles. The van der Waals surface area contributed by atoms with Crippen molar-refractivity contribution in [3.8, 4) is 11.5 Å². The van der Waals surface area contributed by atoms with Crippen LogP contribution in [0.25, 0.3) is 0 Å². The Balaban J connectivity index is 2.87. The number of aldehydes is 1. The maximum atomic E-state index is 11.5. The summed E-state index contributed by atoms with van der Waals surface area (Å²) >= 11 is 0. The van der Waals surface area contributed by atoms with E-state index in [2.05, 4.69) is 0 Å². The van der Waals surface area contributed by atoms with Crippen molar-refractivity contribution in [3.05, 3.63) is 23.8 Å². The molecule has 1 unspecified atom stereocenters. The summed E-state index contributed by atoms with van der Waals surface area (Å²) in [6.07, 6.45) is -0.0117. The van der Waals surface area contributed by atoms with Crippen molar-refractivity contribution < 1.29 is 23.8 Å². The Morgan fingerprint density at radius 1 is 1.26 bits per heavy atom. The number of hydrogen-bond donors (Lipinski definition) is 0. The van der Waals surface area contributed by atoms with Crippen LogP contribution in [0.15, 0.2) is 18.2 Å². The minimum absolute atomic E-state index is 0.301. The molecule has 1 aromatic carbocycles. The number of rotatable bonds is 7. The number of hydrogen-bond acceptors (Lipinski definition) is 5. The summed E-state index contributed by atoms with van der Waals surface area (Å²) in [6, 6.07) is 4.77. The highest BCUT2D eigenvalue weighted by Gasteiger charge is 2.18. The zero-order chi connectivity index (χ0) is 14.3. The van der Waals surface area contributed by atoms with Gasteiger partial charge < -0.3 is 14.2 Å². The van der Waals surface area contributed by atoms with Crippen molar-refractivity contribution in [1.29, 1.82) is 0 Å². The molecule has 5 heteroatoms. The quantitative estimate of drug-likeness (QED) is 0.559. The Morgan fingerprint density at radius 2 is 2.00 bits per heavy atom. The largest absolute Gasteiger partial charge is 0.490 e. The van der Waals surface area contributed by atoms with Crippen LogP contribution in [0.3, 0.4) is 0 Å². The molecule has 5 nitrogen and oxygen atoms in total. The highest BCUT2D eigenvalue weighted by Crippen LogP contribution is 2.29. The zero-order valence-electron chi connectivity index (χ0n) is 11.3. The summed E-state index contributed by atoms with van der Waals surface area (Å²) in [7, 11) is 0. The predicted octanol–water partition coefficient (Wildman–Crippen LogP) is 2.23. The first-order chi connectivity index (χ1) is 9.12. The van der Waals surface area contributed by atoms with Crippen LogP contribution in [-0.2, 0) is 9.53 Å². The van der Waals surface area contributed by atoms with E-state index in [0.29, 0.717) is 30.3 Å². The van der Waals surface area contributed by atoms with E-state index in [1.165, 1.54) is 0 Å². The van der Waals surface area contributed by atoms with Gasteiger partial charge in [-0.3, -0.25) is 4.79 Å². The van der Waals surface area contributed by atoms with Gasteiger partial charge in [-0.05, 0) is 39.0 Å². The molecule has 1 rings (SSSR count). The fourth-order valence-electron chi connectivity index (χ4n) is 1.46. The molecule has 1 atom stereocenters. The molecule has 1 aromatic rings. The third kappa shape index (κ3) is 4.28. The van der Waals surface area contributed by atoms with E-state index in [1.54, 1.807) is 32.0 Å². The summed E-state index contributed by atoms with van der Waals surface area (Å²) < 4.78 is 15.7. The predicted molar refractivity (Wildman–Crippen MR) is 69.7 cm³/mol. The Bertz CT molecular complexity index is 441. The van der Waals surface area contributed by atoms with Gasteiger partial charge in [0.2, 0.25) is 0 Å². The molecular formula is C14H18O5. The van der Waals surface area contributed by atoms with E-state index in [-0.39, 0.29) is 0 Å². The van der Waals surface area contributed by atoms with Crippen LogP contribution >= 0.6 is 0 Å². The van der Waals surface area contributed by atoms with Gasteiger partial charge in [-0.25, -0.2) is 4.79 Å². The number of carbonyl (C=O) groups excluding carboxylic acids is 2. The standard InChI is InChI=1S/C14H18O5/c1-4-17-13-8-11(9-15)6-7-12(13)19-10(3)14(16)18-5-2/h6-10H,4-5H2,1-3H3. The SMILES string of the molecule is CCOC(=O)C(C)Oc1ccc(C=O)cc1OCC. The minimum Gasteiger partial charge on any atom is -0.490 e. The van der Waals surface area contributed by atoms with Gasteiger partial charge in [0.05, 0.1) is 13.2 Å². The molecule has 0 saturated carbocycles. The lowest BCUT2D eigenvalue weighted by Gasteiger charge is -2.16. The van der Waals surface area contributed by atoms with Crippen LogP contribution in [-0.4, -0.2) is 31.6 Å². The second kappa shape index (κ2) is 7.41. The highest BCUT2D eigenvalue weighted by atomic mass is 16.6. The van der Waals surface area contributed by atoms with E-state index < -0.39 is 12.1 Å². The maximum Gasteiger partial charge on any atom is 0.347 e. The van der Waals surface area contributed by atoms with Gasteiger partial charge in [0.15, 0.2) is 17.6 Å². The van der Waals surface area contributed by atoms with Gasteiger partial charge in [-0.15, -0.1) is 0 Å². The van der Waals surface area contributed by atoms with Crippen molar-refractivity contribution in [2.45, 2.75) is 26.9 Å². The second-order valence-electron chi connectivity index (χ2n) is 3.77. The topological polar surface area (TPSA) is 61.8 Å². The van der Waals surface area contributed by atoms with Crippen LogP contribution in [0.5, 0.6) is 11.5 Å². The highest BCUT2D eigenvalue weighted by molar-refractivity contribution is 5.77. The lowest BCUT2D eigenvalue weighted by atomic mass is 10.2. The molecule has 0 saturated heterocycles. The van der Waals surface area contributed by atoms with E-state index in [1.807, 2.05) is 6.92 Å². The van der Waals surface area contributed by atoms with Gasteiger partial charge in [-0.1, -0.05) is 0 Å². The Kier molecular flexibility index (Phi) is 5.85. The van der Waals surface area contributed by atoms with Crippen LogP contribution in [0.2, 0.25) is 0 Å². The number of benzene rings is 1. The van der Waals surface area contributed by atoms with Gasteiger partial charge in [-0.2, -0.15) is 0 Å². The normalized spacial score (nSPS) is 11.5. The van der Waals surface area contributed by atoms with Gasteiger partial charge in [0, 0.05) is 5.56 Å². The lowest BCUT2D eigenvalue weighted by Crippen LogP contribution is -2.26. The first-order valence-electron chi connectivity index (χ1n) is 6.17. The molecule has 0 radical (unpaired) electrons. The maximum absolute atomic E-state index is 11.5. The molecule has 0 N–H and O–H groups in total. The Morgan fingerprint density at radius 3 is 2.58 bits per heavy atom. The third-order valence-corrected chi connectivity index (χ3v) is 2.33. The molecule has 0 aliphatic rings. The summed E-state index contributed by atoms with van der Waals surface area (Å²) in [5, 5.41) is 0. The molecule has 0 spiro atoms. The van der Waals surface area contributed by atoms with E-state index in [9.17, 15) is 9.59 Å². The Labute approximate surface area is 112 Å². The zero-order valence-corrected chi connectivity index (χ0v) is 11.3. The lowest BCUT2D eigenvalue weighted by molar-refractivity contribution is -0.150. The first-order valence-corrected chi connectivity index (χ1v) is 6.17. The van der Waals surface area contributed by atoms with Crippen molar-refractivity contribution in [3.63, 3.8) is 0 Å². The fraction of sp³-hybridized carbons (Fsp3) is 0.429. The minimum atomic E-state index is -0.735. The third-order valence-electron chi connectivity index (χ3n) is 2.33. The van der Waals surface area contributed by atoms with Gasteiger partial charge in [0.25, 0.3) is 0 Å². The average molecular weight is 266 g/mol. The number of esters is 1. The smallest absolute Gasteiger partial charge is 0.347 e. The van der Waals surface area contributed by atoms with E-state index in [4.69, 9.17) is 14.2 Å². The molecule has 19 heavy (non-hydrogen) atoms. The first kappa shape index (κ1) is 15.0. The number of ether oxygens (including phenoxy) is 3. The van der Waals surface area contributed by atoms with Crippen LogP contribution in [0.4, 0.5) is 0 Å². The summed E-state index contributed by atoms with van der Waals surface area (Å²) in [6.45, 7) is 5.89. The van der Waals surface area contributed by atoms with Crippen LogP contribution < -0.4 is 9.47 Å². The summed E-state index contributed by atoms with van der Waals surface area (Å²) in [5.41, 5.74) is 0.486. The fourth-order valence-corrected chi connectivity index (χ4v) is 1.46. The number of carbonyl (C=O) groups is 2. The van der Waals surface area contributed by atoms with Crippen molar-refractivity contribution in [2.75, 3.05) is 13.2 Å². The molecule has 0 amide bonds. The molecule has 104 valence electrons. The van der Waals surface area contributed by atoms with E-state index in [0.717, 1.165) is 6.29 Å². The summed E-state index contributed by atoms with van der Waals surface area (Å²) in [4.78, 5) is 22.2. The molecule has 0 aliphatic heterocycles. The van der Waals surface area contributed by atoms with Crippen molar-refractivity contribution >= 4 is 12.3 Å². The van der Waals surface area contributed by atoms with Crippen LogP contribution in [0, 0.1) is 0 Å². The summed E-state index contributed by atoms with van der Waals surface area (Å²) in [5.74, 6) is 0.403. The molecule has 0 heterocycles. The van der Waals surface area contributed by atoms with Crippen molar-refractivity contribution in [1.82, 2.24) is 0 Å². The Hall–Kier alpha value is -2.04. The molecule has 0 fully saturated rings. The van der Waals surface area contributed by atoms with Crippen molar-refractivity contribution in [2.24, 2.45) is 0 Å². The molecule has 0 bridgehead atoms. The van der Waals surface area contributed by atoms with Crippen LogP contribution in [0.1, 0.15) is 31.1 Å². The van der Waals surface area contributed by atoms with Gasteiger partial charge in [0.1, 0.15) is 6.29 Å². The average Bonchev–Trinajstić information content (AvgIpc) is 2.41. The monoisotopic (exact) mass is 266 g/mol. The molecular weight excluding hydrogens is 248 g/mol. The molecule has 0 aromatic heterocycles. The van der Waals surface area contributed by atoms with Gasteiger partial charge >= 0.3 is 5.97 Å².